The Morgan fingerprint density at radius 1 is 1.27 bits per heavy atom. The van der Waals surface area contributed by atoms with Crippen molar-refractivity contribution in [3.8, 4) is 0 Å². The second-order valence-electron chi connectivity index (χ2n) is 8.75. The van der Waals surface area contributed by atoms with Gasteiger partial charge in [-0.2, -0.15) is 4.72 Å². The molecule has 3 rings (SSSR count). The number of halogens is 1. The van der Waals surface area contributed by atoms with Gasteiger partial charge in [0.05, 0.1) is 10.5 Å². The minimum Gasteiger partial charge on any atom is -0.386 e. The van der Waals surface area contributed by atoms with E-state index in [2.05, 4.69) is 4.72 Å². The zero-order valence-corrected chi connectivity index (χ0v) is 20.3. The molecule has 2 atom stereocenters. The lowest BCUT2D eigenvalue weighted by molar-refractivity contribution is -0.139. The second-order valence-corrected chi connectivity index (χ2v) is 10.9. The number of rotatable bonds is 7. The van der Waals surface area contributed by atoms with E-state index >= 15 is 0 Å². The molecule has 1 aliphatic rings. The van der Waals surface area contributed by atoms with Crippen LogP contribution in [0.3, 0.4) is 0 Å². The Morgan fingerprint density at radius 3 is 2.61 bits per heavy atom. The number of aryl methyl sites for hydroxylation is 1. The Morgan fingerprint density at radius 2 is 1.97 bits per heavy atom. The summed E-state index contributed by atoms with van der Waals surface area (Å²) < 4.78 is 34.4. The molecule has 0 radical (unpaired) electrons. The molecule has 0 unspecified atom stereocenters. The van der Waals surface area contributed by atoms with Crippen LogP contribution in [0.1, 0.15) is 55.4 Å². The van der Waals surface area contributed by atoms with Crippen LogP contribution in [0.25, 0.3) is 0 Å². The van der Waals surface area contributed by atoms with Gasteiger partial charge in [0.1, 0.15) is 0 Å². The minimum absolute atomic E-state index is 0.115. The van der Waals surface area contributed by atoms with Gasteiger partial charge in [-0.25, -0.2) is 18.6 Å². The number of carbonyl (C=O) groups excluding carboxylic acids is 1. The van der Waals surface area contributed by atoms with Gasteiger partial charge in [0.2, 0.25) is 10.0 Å². The predicted molar refractivity (Wildman–Crippen MR) is 125 cm³/mol. The number of sulfonamides is 1. The molecule has 6 N–H and O–H groups in total. The highest BCUT2D eigenvalue weighted by Crippen LogP contribution is 2.34. The van der Waals surface area contributed by atoms with Crippen LogP contribution in [0, 0.1) is 0 Å². The molecule has 0 bridgehead atoms. The highest BCUT2D eigenvalue weighted by atomic mass is 35.5. The third-order valence-corrected chi connectivity index (χ3v) is 7.60. The van der Waals surface area contributed by atoms with Crippen molar-refractivity contribution >= 4 is 33.6 Å². The maximum atomic E-state index is 13.5. The van der Waals surface area contributed by atoms with Gasteiger partial charge in [0.15, 0.2) is 6.04 Å². The molecule has 0 heterocycles. The highest BCUT2D eigenvalue weighted by Gasteiger charge is 2.38. The number of primary amides is 1. The first-order chi connectivity index (χ1) is 15.3. The molecule has 178 valence electrons. The molecule has 0 aliphatic heterocycles. The fourth-order valence-corrected chi connectivity index (χ4v) is 6.09. The van der Waals surface area contributed by atoms with Crippen molar-refractivity contribution < 1.29 is 28.5 Å². The second kappa shape index (κ2) is 9.42. The maximum absolute atomic E-state index is 13.5. The van der Waals surface area contributed by atoms with E-state index in [0.717, 1.165) is 30.4 Å². The lowest BCUT2D eigenvalue weighted by atomic mass is 9.88. The van der Waals surface area contributed by atoms with E-state index in [4.69, 9.17) is 27.5 Å². The van der Waals surface area contributed by atoms with Crippen molar-refractivity contribution in [1.82, 2.24) is 4.72 Å². The molecule has 2 aromatic rings. The zero-order valence-electron chi connectivity index (χ0n) is 18.8. The van der Waals surface area contributed by atoms with Crippen molar-refractivity contribution in [2.45, 2.75) is 62.5 Å². The quantitative estimate of drug-likeness (QED) is 0.342. The fourth-order valence-electron chi connectivity index (χ4n) is 4.29. The lowest BCUT2D eigenvalue weighted by Gasteiger charge is -2.26. The smallest absolute Gasteiger partial charge is 0.386 e. The van der Waals surface area contributed by atoms with E-state index < -0.39 is 33.7 Å². The summed E-state index contributed by atoms with van der Waals surface area (Å²) in [6.45, 7) is 4.72. The van der Waals surface area contributed by atoms with Crippen LogP contribution in [0.4, 0.5) is 4.79 Å². The van der Waals surface area contributed by atoms with E-state index in [1.807, 2.05) is 18.2 Å². The Balaban J connectivity index is 2.06. The molecule has 2 aromatic carbocycles. The van der Waals surface area contributed by atoms with E-state index in [-0.39, 0.29) is 21.4 Å². The van der Waals surface area contributed by atoms with Crippen molar-refractivity contribution in [1.29, 1.82) is 0 Å². The van der Waals surface area contributed by atoms with Crippen LogP contribution in [0.15, 0.2) is 41.3 Å². The number of nitrogens with one attached hydrogen (secondary N) is 1. The molecule has 0 spiro atoms. The van der Waals surface area contributed by atoms with Gasteiger partial charge in [-0.05, 0) is 68.0 Å². The van der Waals surface area contributed by atoms with Crippen molar-refractivity contribution in [2.24, 2.45) is 5.73 Å². The molecule has 10 heteroatoms. The molecule has 33 heavy (non-hydrogen) atoms. The molecule has 1 amide bonds. The number of amides is 1. The van der Waals surface area contributed by atoms with Crippen molar-refractivity contribution in [3.63, 3.8) is 0 Å². The van der Waals surface area contributed by atoms with Crippen LogP contribution in [-0.2, 0) is 33.2 Å². The number of hydrogen-bond donors (Lipinski definition) is 4. The Bertz CT molecular complexity index is 1190. The van der Waals surface area contributed by atoms with Gasteiger partial charge in [-0.3, -0.25) is 0 Å². The molecular formula is C23H29ClN3O5S+. The molecule has 1 aliphatic carbocycles. The summed E-state index contributed by atoms with van der Waals surface area (Å²) in [5.41, 5.74) is 7.03. The summed E-state index contributed by atoms with van der Waals surface area (Å²) in [4.78, 5) is 11.2. The zero-order chi connectivity index (χ0) is 24.6. The number of carbonyl (C=O) groups is 1. The van der Waals surface area contributed by atoms with E-state index in [1.54, 1.807) is 6.92 Å². The van der Waals surface area contributed by atoms with E-state index in [1.165, 1.54) is 37.6 Å². The fraction of sp³-hybridized carbons (Fsp3) is 0.391. The summed E-state index contributed by atoms with van der Waals surface area (Å²) in [5.74, 6) is -0.849. The van der Waals surface area contributed by atoms with Crippen LogP contribution in [-0.4, -0.2) is 31.6 Å². The van der Waals surface area contributed by atoms with Crippen LogP contribution >= 0.6 is 11.6 Å². The topological polar surface area (TPSA) is 144 Å². The summed E-state index contributed by atoms with van der Waals surface area (Å²) in [7, 11) is -4.24. The first-order valence-corrected chi connectivity index (χ1v) is 12.4. The number of nitrogens with two attached hydrogens (primary N) is 2. The summed E-state index contributed by atoms with van der Waals surface area (Å²) >= 11 is 6.05. The van der Waals surface area contributed by atoms with Gasteiger partial charge >= 0.3 is 12.0 Å². The number of ether oxygens (including phenoxy) is 1. The normalized spacial score (nSPS) is 15.5. The molecular weight excluding hydrogens is 466 g/mol. The SMILES string of the molecule is C[C@H](c1cccc2c1CCC2)[C@H](NS(=O)(=O)c1ccc(Cl)cc1C(C)(C)O)C(=[NH2+])OC(N)=O. The average Bonchev–Trinajstić information content (AvgIpc) is 3.19. The summed E-state index contributed by atoms with van der Waals surface area (Å²) in [5, 5.41) is 16.9. The Hall–Kier alpha value is -2.46. The van der Waals surface area contributed by atoms with Crippen molar-refractivity contribution in [3.05, 3.63) is 63.7 Å². The van der Waals surface area contributed by atoms with E-state index in [9.17, 15) is 18.3 Å². The maximum Gasteiger partial charge on any atom is 0.414 e. The van der Waals surface area contributed by atoms with Gasteiger partial charge in [-0.15, -0.1) is 0 Å². The number of benzene rings is 2. The van der Waals surface area contributed by atoms with Crippen LogP contribution < -0.4 is 15.9 Å². The third-order valence-electron chi connectivity index (χ3n) is 5.87. The molecule has 0 saturated heterocycles. The first kappa shape index (κ1) is 25.2. The first-order valence-electron chi connectivity index (χ1n) is 10.6. The molecule has 0 fully saturated rings. The molecule has 8 nitrogen and oxygen atoms in total. The van der Waals surface area contributed by atoms with Crippen molar-refractivity contribution in [2.75, 3.05) is 0 Å². The number of fused-ring (bicyclic) bond motifs is 1. The average molecular weight is 495 g/mol. The number of aliphatic hydroxyl groups is 1. The third kappa shape index (κ3) is 5.55. The van der Waals surface area contributed by atoms with Gasteiger partial charge in [0.25, 0.3) is 0 Å². The van der Waals surface area contributed by atoms with Gasteiger partial charge < -0.3 is 15.6 Å². The largest absolute Gasteiger partial charge is 0.414 e. The van der Waals surface area contributed by atoms with Crippen LogP contribution in [0.2, 0.25) is 5.02 Å². The minimum atomic E-state index is -4.24. The standard InChI is InChI=1S/C23H28ClN3O5S/c1-13(16-8-4-6-14-7-5-9-17(14)16)20(21(25)32-22(26)28)27-33(30,31)19-11-10-15(24)12-18(19)23(2,3)29/h4,6,8,10-13,20,25,27,29H,5,7,9H2,1-3H3,(H2,26,28)/p+1/t13-,20+/m1/s1. The highest BCUT2D eigenvalue weighted by molar-refractivity contribution is 7.89. The summed E-state index contributed by atoms with van der Waals surface area (Å²) in [6, 6.07) is 8.89. The molecule has 0 saturated carbocycles. The van der Waals surface area contributed by atoms with E-state index in [0.29, 0.717) is 0 Å². The lowest BCUT2D eigenvalue weighted by Crippen LogP contribution is -2.58. The Labute approximate surface area is 198 Å². The van der Waals surface area contributed by atoms with Gasteiger partial charge in [-0.1, -0.05) is 36.7 Å². The Kier molecular flexibility index (Phi) is 7.18. The van der Waals surface area contributed by atoms with Gasteiger partial charge in [0, 0.05) is 16.5 Å². The summed E-state index contributed by atoms with van der Waals surface area (Å²) in [6.07, 6.45) is 1.67. The monoisotopic (exact) mass is 494 g/mol. The van der Waals surface area contributed by atoms with Crippen LogP contribution in [0.5, 0.6) is 0 Å². The predicted octanol–water partition coefficient (Wildman–Crippen LogP) is 1.76. The molecule has 0 aromatic heterocycles. The number of hydrogen-bond acceptors (Lipinski definition) is 5.